The van der Waals surface area contributed by atoms with E-state index in [1.54, 1.807) is 0 Å². The Labute approximate surface area is 102 Å². The summed E-state index contributed by atoms with van der Waals surface area (Å²) in [6.45, 7) is 3.47. The molecule has 1 saturated heterocycles. The predicted octanol–water partition coefficient (Wildman–Crippen LogP) is 0.920. The highest BCUT2D eigenvalue weighted by atomic mass is 32.2. The van der Waals surface area contributed by atoms with Crippen LogP contribution in [0.25, 0.3) is 0 Å². The maximum absolute atomic E-state index is 12.0. The number of hydrogen-bond acceptors (Lipinski definition) is 5. The van der Waals surface area contributed by atoms with Crippen molar-refractivity contribution in [1.29, 1.82) is 0 Å². The Morgan fingerprint density at radius 2 is 2.12 bits per heavy atom. The molecule has 3 atom stereocenters. The maximum atomic E-state index is 12.0. The number of sulfone groups is 1. The van der Waals surface area contributed by atoms with Crippen molar-refractivity contribution in [3.05, 3.63) is 0 Å². The molecule has 3 unspecified atom stereocenters. The summed E-state index contributed by atoms with van der Waals surface area (Å²) in [4.78, 5) is 11.0. The second-order valence-electron chi connectivity index (χ2n) is 4.57. The minimum absolute atomic E-state index is 0.00446. The molecule has 0 amide bonds. The second-order valence-corrected chi connectivity index (χ2v) is 7.03. The van der Waals surface area contributed by atoms with E-state index >= 15 is 0 Å². The molecular formula is C11H20O5S. The molecule has 1 aliphatic heterocycles. The van der Waals surface area contributed by atoms with Gasteiger partial charge in [0.1, 0.15) is 0 Å². The zero-order valence-electron chi connectivity index (χ0n) is 10.5. The lowest BCUT2D eigenvalue weighted by molar-refractivity contribution is -0.140. The topological polar surface area (TPSA) is 69.7 Å². The third-order valence-electron chi connectivity index (χ3n) is 3.03. The van der Waals surface area contributed by atoms with Crippen LogP contribution >= 0.6 is 0 Å². The molecule has 0 aromatic rings. The van der Waals surface area contributed by atoms with Crippen molar-refractivity contribution in [2.75, 3.05) is 12.9 Å². The summed E-state index contributed by atoms with van der Waals surface area (Å²) >= 11 is 0. The van der Waals surface area contributed by atoms with Crippen LogP contribution < -0.4 is 0 Å². The predicted molar refractivity (Wildman–Crippen MR) is 63.5 cm³/mol. The number of esters is 1. The molecule has 0 saturated carbocycles. The lowest BCUT2D eigenvalue weighted by atomic mass is 10.2. The summed E-state index contributed by atoms with van der Waals surface area (Å²) in [6, 6.07) is 0. The van der Waals surface area contributed by atoms with Gasteiger partial charge in [0, 0.05) is 0 Å². The van der Waals surface area contributed by atoms with Crippen molar-refractivity contribution in [3.8, 4) is 0 Å². The lowest BCUT2D eigenvalue weighted by Crippen LogP contribution is -2.30. The van der Waals surface area contributed by atoms with Gasteiger partial charge in [-0.15, -0.1) is 0 Å². The average molecular weight is 264 g/mol. The molecule has 100 valence electrons. The van der Waals surface area contributed by atoms with Gasteiger partial charge in [0.15, 0.2) is 9.84 Å². The summed E-state index contributed by atoms with van der Waals surface area (Å²) in [6.07, 6.45) is 1.47. The third-order valence-corrected chi connectivity index (χ3v) is 5.26. The number of hydrogen-bond donors (Lipinski definition) is 0. The summed E-state index contributed by atoms with van der Waals surface area (Å²) < 4.78 is 33.9. The molecule has 0 bridgehead atoms. The van der Waals surface area contributed by atoms with Gasteiger partial charge in [0.2, 0.25) is 0 Å². The number of carbonyl (C=O) groups is 1. The van der Waals surface area contributed by atoms with E-state index in [0.717, 1.165) is 12.8 Å². The zero-order valence-corrected chi connectivity index (χ0v) is 11.3. The van der Waals surface area contributed by atoms with Crippen LogP contribution in [-0.2, 0) is 24.1 Å². The van der Waals surface area contributed by atoms with E-state index in [1.165, 1.54) is 14.0 Å². The van der Waals surface area contributed by atoms with Crippen molar-refractivity contribution in [2.45, 2.75) is 50.6 Å². The van der Waals surface area contributed by atoms with Gasteiger partial charge in [-0.2, -0.15) is 0 Å². The third kappa shape index (κ3) is 4.27. The molecule has 0 aromatic heterocycles. The molecule has 0 aromatic carbocycles. The second kappa shape index (κ2) is 5.82. The van der Waals surface area contributed by atoms with E-state index < -0.39 is 21.1 Å². The Bertz CT molecular complexity index is 362. The Balaban J connectivity index is 2.53. The van der Waals surface area contributed by atoms with Crippen LogP contribution in [-0.4, -0.2) is 44.7 Å². The first-order valence-electron chi connectivity index (χ1n) is 5.79. The number of methoxy groups -OCH3 is 1. The number of carbonyl (C=O) groups excluding carboxylic acids is 1. The van der Waals surface area contributed by atoms with Gasteiger partial charge in [0.25, 0.3) is 0 Å². The quantitative estimate of drug-likeness (QED) is 0.691. The smallest absolute Gasteiger partial charge is 0.306 e. The van der Waals surface area contributed by atoms with Crippen LogP contribution in [0.3, 0.4) is 0 Å². The fourth-order valence-electron chi connectivity index (χ4n) is 1.88. The van der Waals surface area contributed by atoms with Crippen LogP contribution in [0.15, 0.2) is 0 Å². The molecule has 0 spiro atoms. The Morgan fingerprint density at radius 1 is 1.47 bits per heavy atom. The van der Waals surface area contributed by atoms with Crippen LogP contribution in [0, 0.1) is 0 Å². The molecule has 6 heteroatoms. The molecule has 0 aliphatic carbocycles. The highest BCUT2D eigenvalue weighted by Crippen LogP contribution is 2.22. The van der Waals surface area contributed by atoms with Crippen LogP contribution in [0.1, 0.15) is 33.1 Å². The Hall–Kier alpha value is -0.620. The number of rotatable bonds is 5. The SMILES string of the molecule is COC(=O)CC(C)S(=O)(=O)CC1CCC(C)O1. The molecule has 1 aliphatic rings. The van der Waals surface area contributed by atoms with Crippen molar-refractivity contribution in [2.24, 2.45) is 0 Å². The lowest BCUT2D eigenvalue weighted by Gasteiger charge is -2.15. The first-order valence-corrected chi connectivity index (χ1v) is 7.50. The van der Waals surface area contributed by atoms with Crippen LogP contribution in [0.2, 0.25) is 0 Å². The van der Waals surface area contributed by atoms with Crippen molar-refractivity contribution < 1.29 is 22.7 Å². The van der Waals surface area contributed by atoms with Gasteiger partial charge in [-0.05, 0) is 26.7 Å². The molecule has 1 rings (SSSR count). The molecule has 0 N–H and O–H groups in total. The van der Waals surface area contributed by atoms with E-state index in [9.17, 15) is 13.2 Å². The highest BCUT2D eigenvalue weighted by Gasteiger charge is 2.31. The van der Waals surface area contributed by atoms with Crippen LogP contribution in [0.5, 0.6) is 0 Å². The first kappa shape index (κ1) is 14.4. The van der Waals surface area contributed by atoms with E-state index in [2.05, 4.69) is 4.74 Å². The Morgan fingerprint density at radius 3 is 2.59 bits per heavy atom. The minimum atomic E-state index is -3.30. The molecule has 1 fully saturated rings. The molecule has 17 heavy (non-hydrogen) atoms. The summed E-state index contributed by atoms with van der Waals surface area (Å²) in [5.41, 5.74) is 0. The van der Waals surface area contributed by atoms with Gasteiger partial charge >= 0.3 is 5.97 Å². The molecular weight excluding hydrogens is 244 g/mol. The summed E-state index contributed by atoms with van der Waals surface area (Å²) in [7, 11) is -2.04. The normalized spacial score (nSPS) is 26.8. The molecule has 5 nitrogen and oxygen atoms in total. The standard InChI is InChI=1S/C11H20O5S/c1-8-4-5-10(16-8)7-17(13,14)9(2)6-11(12)15-3/h8-10H,4-7H2,1-3H3. The summed E-state index contributed by atoms with van der Waals surface area (Å²) in [5.74, 6) is -0.503. The Kier molecular flexibility index (Phi) is 4.94. The van der Waals surface area contributed by atoms with Crippen molar-refractivity contribution >= 4 is 15.8 Å². The van der Waals surface area contributed by atoms with Gasteiger partial charge in [-0.3, -0.25) is 4.79 Å². The van der Waals surface area contributed by atoms with E-state index in [-0.39, 0.29) is 24.4 Å². The average Bonchev–Trinajstić information content (AvgIpc) is 2.62. The maximum Gasteiger partial charge on any atom is 0.306 e. The van der Waals surface area contributed by atoms with E-state index in [4.69, 9.17) is 4.74 Å². The largest absolute Gasteiger partial charge is 0.469 e. The van der Waals surface area contributed by atoms with Crippen molar-refractivity contribution in [1.82, 2.24) is 0 Å². The van der Waals surface area contributed by atoms with Gasteiger partial charge in [0.05, 0.1) is 36.7 Å². The van der Waals surface area contributed by atoms with Gasteiger partial charge < -0.3 is 9.47 Å². The van der Waals surface area contributed by atoms with E-state index in [0.29, 0.717) is 0 Å². The van der Waals surface area contributed by atoms with Crippen LogP contribution in [0.4, 0.5) is 0 Å². The zero-order chi connectivity index (χ0) is 13.1. The minimum Gasteiger partial charge on any atom is -0.469 e. The monoisotopic (exact) mass is 264 g/mol. The van der Waals surface area contributed by atoms with Crippen molar-refractivity contribution in [3.63, 3.8) is 0 Å². The molecule has 1 heterocycles. The van der Waals surface area contributed by atoms with Gasteiger partial charge in [-0.1, -0.05) is 0 Å². The molecule has 0 radical (unpaired) electrons. The summed E-state index contributed by atoms with van der Waals surface area (Å²) in [5, 5.41) is -0.713. The van der Waals surface area contributed by atoms with Gasteiger partial charge in [-0.25, -0.2) is 8.42 Å². The number of ether oxygens (including phenoxy) is 2. The first-order chi connectivity index (χ1) is 7.85. The highest BCUT2D eigenvalue weighted by molar-refractivity contribution is 7.92. The fraction of sp³-hybridized carbons (Fsp3) is 0.909. The van der Waals surface area contributed by atoms with E-state index in [1.807, 2.05) is 6.92 Å². The fourth-order valence-corrected chi connectivity index (χ4v) is 3.36.